The fourth-order valence-corrected chi connectivity index (χ4v) is 2.29. The van der Waals surface area contributed by atoms with Crippen molar-refractivity contribution < 1.29 is 14.4 Å². The first-order valence-corrected chi connectivity index (χ1v) is 6.42. The third-order valence-electron chi connectivity index (χ3n) is 3.27. The second-order valence-electron chi connectivity index (χ2n) is 4.85. The van der Waals surface area contributed by atoms with Crippen molar-refractivity contribution in [1.29, 1.82) is 0 Å². The van der Waals surface area contributed by atoms with E-state index >= 15 is 0 Å². The maximum atomic E-state index is 12.1. The summed E-state index contributed by atoms with van der Waals surface area (Å²) in [5.41, 5.74) is 13.0. The quantitative estimate of drug-likeness (QED) is 0.485. The zero-order valence-corrected chi connectivity index (χ0v) is 11.3. The summed E-state index contributed by atoms with van der Waals surface area (Å²) in [6.45, 7) is 0. The minimum Gasteiger partial charge on any atom is -0.399 e. The first-order chi connectivity index (χ1) is 10.5. The minimum absolute atomic E-state index is 0.128. The van der Waals surface area contributed by atoms with Crippen LogP contribution in [0, 0.1) is 0 Å². The largest absolute Gasteiger partial charge is 0.399 e. The van der Waals surface area contributed by atoms with Gasteiger partial charge in [0.1, 0.15) is 0 Å². The van der Waals surface area contributed by atoms with Crippen LogP contribution in [0.5, 0.6) is 0 Å². The van der Waals surface area contributed by atoms with E-state index in [2.05, 4.69) is 10.6 Å². The van der Waals surface area contributed by atoms with E-state index in [0.717, 1.165) is 0 Å². The molecule has 0 spiro atoms. The average Bonchev–Trinajstić information content (AvgIpc) is 2.74. The maximum absolute atomic E-state index is 12.1. The van der Waals surface area contributed by atoms with Crippen molar-refractivity contribution >= 4 is 34.8 Å². The summed E-state index contributed by atoms with van der Waals surface area (Å²) in [5, 5.41) is 4.78. The number of anilines is 3. The maximum Gasteiger partial charge on any atom is 0.261 e. The molecule has 2 aromatic carbocycles. The third-order valence-corrected chi connectivity index (χ3v) is 3.27. The van der Waals surface area contributed by atoms with Crippen LogP contribution >= 0.6 is 0 Å². The van der Waals surface area contributed by atoms with Gasteiger partial charge in [0.25, 0.3) is 17.7 Å². The highest BCUT2D eigenvalue weighted by atomic mass is 16.2. The van der Waals surface area contributed by atoms with E-state index in [1.165, 1.54) is 18.2 Å². The van der Waals surface area contributed by atoms with E-state index in [1.54, 1.807) is 18.2 Å². The van der Waals surface area contributed by atoms with Crippen LogP contribution < -0.4 is 22.1 Å². The Morgan fingerprint density at radius 2 is 1.82 bits per heavy atom. The van der Waals surface area contributed by atoms with Crippen molar-refractivity contribution in [3.63, 3.8) is 0 Å². The van der Waals surface area contributed by atoms with Crippen LogP contribution in [-0.4, -0.2) is 17.7 Å². The molecule has 7 heteroatoms. The highest BCUT2D eigenvalue weighted by molar-refractivity contribution is 6.24. The monoisotopic (exact) mass is 296 g/mol. The normalized spacial score (nSPS) is 12.7. The van der Waals surface area contributed by atoms with Gasteiger partial charge >= 0.3 is 0 Å². The molecule has 0 aromatic heterocycles. The number of nitrogens with two attached hydrogens (primary N) is 2. The zero-order chi connectivity index (χ0) is 15.9. The summed E-state index contributed by atoms with van der Waals surface area (Å²) in [6, 6.07) is 9.31. The van der Waals surface area contributed by atoms with Gasteiger partial charge in [-0.25, -0.2) is 0 Å². The van der Waals surface area contributed by atoms with Crippen LogP contribution in [0.15, 0.2) is 36.4 Å². The number of nitrogen functional groups attached to an aromatic ring is 2. The zero-order valence-electron chi connectivity index (χ0n) is 11.3. The van der Waals surface area contributed by atoms with Gasteiger partial charge in [-0.1, -0.05) is 6.07 Å². The summed E-state index contributed by atoms with van der Waals surface area (Å²) in [4.78, 5) is 35.4. The molecule has 2 aromatic rings. The number of carbonyl (C=O) groups is 3. The van der Waals surface area contributed by atoms with E-state index in [9.17, 15) is 14.4 Å². The first kappa shape index (κ1) is 13.6. The highest BCUT2D eigenvalue weighted by Gasteiger charge is 2.29. The average molecular weight is 296 g/mol. The number of carbonyl (C=O) groups excluding carboxylic acids is 3. The van der Waals surface area contributed by atoms with Crippen LogP contribution in [0.3, 0.4) is 0 Å². The lowest BCUT2D eigenvalue weighted by Crippen LogP contribution is -2.20. The fraction of sp³-hybridized carbons (Fsp3) is 0. The van der Waals surface area contributed by atoms with Crippen LogP contribution in [0.25, 0.3) is 0 Å². The molecular formula is C15H12N4O3. The fourth-order valence-electron chi connectivity index (χ4n) is 2.29. The molecule has 1 aliphatic heterocycles. The number of nitrogens with one attached hydrogen (secondary N) is 2. The second kappa shape index (κ2) is 4.88. The Hall–Kier alpha value is -3.35. The molecule has 0 aliphatic carbocycles. The Morgan fingerprint density at radius 1 is 1.05 bits per heavy atom. The molecule has 6 N–H and O–H groups in total. The predicted molar refractivity (Wildman–Crippen MR) is 81.5 cm³/mol. The smallest absolute Gasteiger partial charge is 0.261 e. The highest BCUT2D eigenvalue weighted by Crippen LogP contribution is 2.27. The standard InChI is InChI=1S/C15H12N4O3/c16-8-3-1-2-7(4-8)13(20)18-9-5-10-12(11(17)6-9)15(22)19-14(10)21/h1-6H,16-17H2,(H,18,20)(H,19,21,22). The van der Waals surface area contributed by atoms with E-state index in [1.807, 2.05) is 0 Å². The predicted octanol–water partition coefficient (Wildman–Crippen LogP) is 0.987. The van der Waals surface area contributed by atoms with Crippen molar-refractivity contribution in [3.05, 3.63) is 53.1 Å². The van der Waals surface area contributed by atoms with Crippen LogP contribution in [0.4, 0.5) is 17.1 Å². The molecule has 0 radical (unpaired) electrons. The summed E-state index contributed by atoms with van der Waals surface area (Å²) in [5.74, 6) is -1.46. The van der Waals surface area contributed by atoms with E-state index < -0.39 is 17.7 Å². The van der Waals surface area contributed by atoms with Gasteiger partial charge in [0.2, 0.25) is 0 Å². The molecule has 0 saturated heterocycles. The molecule has 0 unspecified atom stereocenters. The Labute approximate surface area is 125 Å². The van der Waals surface area contributed by atoms with Crippen molar-refractivity contribution in [2.24, 2.45) is 0 Å². The molecule has 110 valence electrons. The van der Waals surface area contributed by atoms with Crippen molar-refractivity contribution in [1.82, 2.24) is 5.32 Å². The number of imide groups is 1. The van der Waals surface area contributed by atoms with E-state index in [4.69, 9.17) is 11.5 Å². The lowest BCUT2D eigenvalue weighted by Gasteiger charge is -2.08. The number of hydrogen-bond acceptors (Lipinski definition) is 5. The van der Waals surface area contributed by atoms with Gasteiger partial charge in [0, 0.05) is 22.6 Å². The van der Waals surface area contributed by atoms with Crippen LogP contribution in [0.1, 0.15) is 31.1 Å². The Kier molecular flexibility index (Phi) is 3.03. The molecule has 22 heavy (non-hydrogen) atoms. The Balaban J connectivity index is 1.93. The third kappa shape index (κ3) is 2.24. The number of rotatable bonds is 2. The summed E-state index contributed by atoms with van der Waals surface area (Å²) >= 11 is 0. The lowest BCUT2D eigenvalue weighted by molar-refractivity contribution is 0.0879. The second-order valence-corrected chi connectivity index (χ2v) is 4.85. The molecule has 0 bridgehead atoms. The van der Waals surface area contributed by atoms with Gasteiger partial charge < -0.3 is 16.8 Å². The van der Waals surface area contributed by atoms with Gasteiger partial charge in [0.05, 0.1) is 11.1 Å². The van der Waals surface area contributed by atoms with Gasteiger partial charge in [-0.2, -0.15) is 0 Å². The van der Waals surface area contributed by atoms with Crippen LogP contribution in [-0.2, 0) is 0 Å². The van der Waals surface area contributed by atoms with Crippen molar-refractivity contribution in [2.45, 2.75) is 0 Å². The lowest BCUT2D eigenvalue weighted by atomic mass is 10.1. The van der Waals surface area contributed by atoms with Crippen LogP contribution in [0.2, 0.25) is 0 Å². The van der Waals surface area contributed by atoms with Crippen molar-refractivity contribution in [3.8, 4) is 0 Å². The van der Waals surface area contributed by atoms with Gasteiger partial charge in [-0.3, -0.25) is 19.7 Å². The van der Waals surface area contributed by atoms with Crippen molar-refractivity contribution in [2.75, 3.05) is 16.8 Å². The summed E-state index contributed by atoms with van der Waals surface area (Å²) in [6.07, 6.45) is 0. The molecule has 0 saturated carbocycles. The van der Waals surface area contributed by atoms with Gasteiger partial charge in [0.15, 0.2) is 0 Å². The first-order valence-electron chi connectivity index (χ1n) is 6.42. The van der Waals surface area contributed by atoms with E-state index in [-0.39, 0.29) is 16.8 Å². The summed E-state index contributed by atoms with van der Waals surface area (Å²) in [7, 11) is 0. The molecule has 3 rings (SSSR count). The van der Waals surface area contributed by atoms with Gasteiger partial charge in [-0.05, 0) is 30.3 Å². The minimum atomic E-state index is -0.536. The number of benzene rings is 2. The molecule has 0 atom stereocenters. The molecule has 0 fully saturated rings. The number of amides is 3. The number of hydrogen-bond donors (Lipinski definition) is 4. The SMILES string of the molecule is Nc1cccc(C(=O)Nc2cc(N)c3c(c2)C(=O)NC3=O)c1. The van der Waals surface area contributed by atoms with E-state index in [0.29, 0.717) is 16.9 Å². The molecular weight excluding hydrogens is 284 g/mol. The number of fused-ring (bicyclic) bond motifs is 1. The summed E-state index contributed by atoms with van der Waals surface area (Å²) < 4.78 is 0. The Morgan fingerprint density at radius 3 is 2.55 bits per heavy atom. The molecule has 7 nitrogen and oxygen atoms in total. The Bertz CT molecular complexity index is 830. The van der Waals surface area contributed by atoms with Gasteiger partial charge in [-0.15, -0.1) is 0 Å². The molecule has 3 amide bonds. The topological polar surface area (TPSA) is 127 Å². The molecule has 1 heterocycles. The molecule has 1 aliphatic rings.